The first-order valence-corrected chi connectivity index (χ1v) is 7.25. The van der Waals surface area contributed by atoms with Crippen LogP contribution in [0.4, 0.5) is 0 Å². The van der Waals surface area contributed by atoms with Gasteiger partial charge in [-0.2, -0.15) is 0 Å². The molecule has 2 aromatic carbocycles. The number of carboxylic acids is 1. The Morgan fingerprint density at radius 3 is 2.55 bits per heavy atom. The average Bonchev–Trinajstić information content (AvgIpc) is 2.46. The predicted octanol–water partition coefficient (Wildman–Crippen LogP) is 4.34. The lowest BCUT2D eigenvalue weighted by Crippen LogP contribution is -1.99. The summed E-state index contributed by atoms with van der Waals surface area (Å²) in [6, 6.07) is 12.4. The molecule has 0 saturated carbocycles. The molecule has 0 atom stereocenters. The number of hydrogen-bond donors (Lipinski definition) is 1. The van der Waals surface area contributed by atoms with Gasteiger partial charge in [-0.25, -0.2) is 4.79 Å². The Kier molecular flexibility index (Phi) is 4.93. The molecular formula is C15H13ClO3S. The summed E-state index contributed by atoms with van der Waals surface area (Å²) in [5, 5.41) is 9.72. The van der Waals surface area contributed by atoms with Crippen LogP contribution in [0.15, 0.2) is 47.4 Å². The molecule has 0 bridgehead atoms. The third kappa shape index (κ3) is 3.68. The van der Waals surface area contributed by atoms with Crippen LogP contribution in [0.5, 0.6) is 5.75 Å². The predicted molar refractivity (Wildman–Crippen MR) is 81.0 cm³/mol. The number of carbonyl (C=O) groups is 1. The largest absolute Gasteiger partial charge is 0.496 e. The molecule has 0 heterocycles. The van der Waals surface area contributed by atoms with Crippen molar-refractivity contribution < 1.29 is 14.6 Å². The number of halogens is 1. The van der Waals surface area contributed by atoms with Gasteiger partial charge in [0.2, 0.25) is 0 Å². The number of rotatable bonds is 5. The Hall–Kier alpha value is -1.65. The van der Waals surface area contributed by atoms with E-state index in [-0.39, 0.29) is 5.56 Å². The minimum atomic E-state index is -0.939. The topological polar surface area (TPSA) is 46.5 Å². The molecule has 20 heavy (non-hydrogen) atoms. The number of hydrogen-bond acceptors (Lipinski definition) is 3. The zero-order chi connectivity index (χ0) is 14.5. The van der Waals surface area contributed by atoms with Crippen molar-refractivity contribution in [3.63, 3.8) is 0 Å². The summed E-state index contributed by atoms with van der Waals surface area (Å²) in [5.41, 5.74) is 1.12. The molecule has 104 valence electrons. The smallest absolute Gasteiger partial charge is 0.335 e. The molecule has 0 saturated heterocycles. The SMILES string of the molecule is COc1ccc(C(=O)O)cc1CSc1ccc(Cl)cc1. The van der Waals surface area contributed by atoms with Gasteiger partial charge < -0.3 is 9.84 Å². The van der Waals surface area contributed by atoms with Gasteiger partial charge in [-0.3, -0.25) is 0 Å². The number of benzene rings is 2. The third-order valence-corrected chi connectivity index (χ3v) is 4.05. The Bertz CT molecular complexity index is 611. The van der Waals surface area contributed by atoms with Crippen molar-refractivity contribution in [3.05, 3.63) is 58.6 Å². The summed E-state index contributed by atoms with van der Waals surface area (Å²) >= 11 is 7.44. The van der Waals surface area contributed by atoms with Gasteiger partial charge in [0.05, 0.1) is 12.7 Å². The van der Waals surface area contributed by atoms with E-state index in [1.165, 1.54) is 6.07 Å². The zero-order valence-electron chi connectivity index (χ0n) is 10.8. The first-order chi connectivity index (χ1) is 9.60. The minimum absolute atomic E-state index is 0.262. The Balaban J connectivity index is 2.16. The number of carboxylic acid groups (broad SMARTS) is 1. The molecule has 0 fully saturated rings. The van der Waals surface area contributed by atoms with Crippen LogP contribution in [0.3, 0.4) is 0 Å². The quantitative estimate of drug-likeness (QED) is 0.835. The molecule has 0 aromatic heterocycles. The summed E-state index contributed by atoms with van der Waals surface area (Å²) in [6.45, 7) is 0. The molecule has 5 heteroatoms. The highest BCUT2D eigenvalue weighted by Crippen LogP contribution is 2.29. The second-order valence-electron chi connectivity index (χ2n) is 4.07. The number of thioether (sulfide) groups is 1. The lowest BCUT2D eigenvalue weighted by atomic mass is 10.1. The van der Waals surface area contributed by atoms with Crippen molar-refractivity contribution in [3.8, 4) is 5.75 Å². The number of aromatic carboxylic acids is 1. The second-order valence-corrected chi connectivity index (χ2v) is 5.56. The van der Waals surface area contributed by atoms with Crippen molar-refractivity contribution >= 4 is 29.3 Å². The van der Waals surface area contributed by atoms with Gasteiger partial charge in [-0.05, 0) is 42.5 Å². The van der Waals surface area contributed by atoms with E-state index in [9.17, 15) is 4.79 Å². The van der Waals surface area contributed by atoms with E-state index >= 15 is 0 Å². The lowest BCUT2D eigenvalue weighted by Gasteiger charge is -2.09. The lowest BCUT2D eigenvalue weighted by molar-refractivity contribution is 0.0696. The van der Waals surface area contributed by atoms with Crippen molar-refractivity contribution in [1.82, 2.24) is 0 Å². The highest BCUT2D eigenvalue weighted by molar-refractivity contribution is 7.98. The van der Waals surface area contributed by atoms with Crippen LogP contribution in [0.1, 0.15) is 15.9 Å². The Labute approximate surface area is 126 Å². The highest BCUT2D eigenvalue weighted by atomic mass is 35.5. The molecule has 0 aliphatic rings. The van der Waals surface area contributed by atoms with Crippen LogP contribution in [-0.2, 0) is 5.75 Å². The Morgan fingerprint density at radius 2 is 1.95 bits per heavy atom. The summed E-state index contributed by atoms with van der Waals surface area (Å²) < 4.78 is 5.26. The maximum atomic E-state index is 11.0. The first kappa shape index (κ1) is 14.8. The van der Waals surface area contributed by atoms with E-state index in [0.717, 1.165) is 10.5 Å². The van der Waals surface area contributed by atoms with Gasteiger partial charge in [-0.1, -0.05) is 11.6 Å². The van der Waals surface area contributed by atoms with Crippen LogP contribution in [-0.4, -0.2) is 18.2 Å². The van der Waals surface area contributed by atoms with E-state index in [0.29, 0.717) is 16.5 Å². The van der Waals surface area contributed by atoms with Crippen LogP contribution >= 0.6 is 23.4 Å². The maximum Gasteiger partial charge on any atom is 0.335 e. The first-order valence-electron chi connectivity index (χ1n) is 5.88. The van der Waals surface area contributed by atoms with Crippen molar-refractivity contribution in [1.29, 1.82) is 0 Å². The standard InChI is InChI=1S/C15H13ClO3S/c1-19-14-7-2-10(15(17)18)8-11(14)9-20-13-5-3-12(16)4-6-13/h2-8H,9H2,1H3,(H,17,18). The molecule has 0 aliphatic carbocycles. The van der Waals surface area contributed by atoms with Gasteiger partial charge in [0.25, 0.3) is 0 Å². The second kappa shape index (κ2) is 6.68. The van der Waals surface area contributed by atoms with Crippen LogP contribution in [0.25, 0.3) is 0 Å². The minimum Gasteiger partial charge on any atom is -0.496 e. The van der Waals surface area contributed by atoms with Gasteiger partial charge in [0.15, 0.2) is 0 Å². The summed E-state index contributed by atoms with van der Waals surface area (Å²) in [5.74, 6) is 0.383. The van der Waals surface area contributed by atoms with E-state index in [1.807, 2.05) is 24.3 Å². The maximum absolute atomic E-state index is 11.0. The van der Waals surface area contributed by atoms with Crippen LogP contribution in [0.2, 0.25) is 5.02 Å². The third-order valence-electron chi connectivity index (χ3n) is 2.74. The number of ether oxygens (including phenoxy) is 1. The zero-order valence-corrected chi connectivity index (χ0v) is 12.4. The highest BCUT2D eigenvalue weighted by Gasteiger charge is 2.09. The molecule has 2 aromatic rings. The molecular weight excluding hydrogens is 296 g/mol. The normalized spacial score (nSPS) is 10.3. The number of methoxy groups -OCH3 is 1. The van der Waals surface area contributed by atoms with Gasteiger partial charge in [-0.15, -0.1) is 11.8 Å². The average molecular weight is 309 g/mol. The van der Waals surface area contributed by atoms with Crippen molar-refractivity contribution in [2.45, 2.75) is 10.6 Å². The van der Waals surface area contributed by atoms with Gasteiger partial charge in [0, 0.05) is 21.2 Å². The Morgan fingerprint density at radius 1 is 1.25 bits per heavy atom. The van der Waals surface area contributed by atoms with E-state index in [2.05, 4.69) is 0 Å². The molecule has 0 amide bonds. The molecule has 0 aliphatic heterocycles. The fourth-order valence-electron chi connectivity index (χ4n) is 1.72. The van der Waals surface area contributed by atoms with E-state index in [1.54, 1.807) is 31.0 Å². The molecule has 2 rings (SSSR count). The van der Waals surface area contributed by atoms with Crippen LogP contribution in [0, 0.1) is 0 Å². The summed E-state index contributed by atoms with van der Waals surface area (Å²) in [4.78, 5) is 12.1. The fourth-order valence-corrected chi connectivity index (χ4v) is 2.72. The fraction of sp³-hybridized carbons (Fsp3) is 0.133. The van der Waals surface area contributed by atoms with Gasteiger partial charge >= 0.3 is 5.97 Å². The van der Waals surface area contributed by atoms with E-state index < -0.39 is 5.97 Å². The molecule has 0 spiro atoms. The van der Waals surface area contributed by atoms with Crippen molar-refractivity contribution in [2.75, 3.05) is 7.11 Å². The molecule has 3 nitrogen and oxygen atoms in total. The monoisotopic (exact) mass is 308 g/mol. The summed E-state index contributed by atoms with van der Waals surface area (Å²) in [6.07, 6.45) is 0. The summed E-state index contributed by atoms with van der Waals surface area (Å²) in [7, 11) is 1.58. The van der Waals surface area contributed by atoms with E-state index in [4.69, 9.17) is 21.4 Å². The van der Waals surface area contributed by atoms with Crippen LogP contribution < -0.4 is 4.74 Å². The van der Waals surface area contributed by atoms with Crippen molar-refractivity contribution in [2.24, 2.45) is 0 Å². The van der Waals surface area contributed by atoms with Gasteiger partial charge in [0.1, 0.15) is 5.75 Å². The molecule has 1 N–H and O–H groups in total. The molecule has 0 unspecified atom stereocenters. The molecule has 0 radical (unpaired) electrons.